The molecule has 0 bridgehead atoms. The molecule has 6 nitrogen and oxygen atoms in total. The van der Waals surface area contributed by atoms with Crippen LogP contribution in [0.1, 0.15) is 5.69 Å². The van der Waals surface area contributed by atoms with Gasteiger partial charge in [-0.1, -0.05) is 6.08 Å². The molecule has 0 N–H and O–H groups in total. The van der Waals surface area contributed by atoms with E-state index < -0.39 is 0 Å². The highest BCUT2D eigenvalue weighted by atomic mass is 16.1. The van der Waals surface area contributed by atoms with Gasteiger partial charge in [0.15, 0.2) is 0 Å². The highest BCUT2D eigenvalue weighted by Crippen LogP contribution is 1.95. The first kappa shape index (κ1) is 6.41. The lowest BCUT2D eigenvalue weighted by molar-refractivity contribution is 0.726. The maximum atomic E-state index is 11.6. The molecule has 0 fully saturated rings. The Bertz CT molecular complexity index is 626. The summed E-state index contributed by atoms with van der Waals surface area (Å²) >= 11 is 0. The Morgan fingerprint density at radius 1 is 1.38 bits per heavy atom. The number of hydrogen-bond donors (Lipinski definition) is 0. The molecule has 0 spiro atoms. The third-order valence-electron chi connectivity index (χ3n) is 1.90. The molecule has 0 amide bonds. The van der Waals surface area contributed by atoms with E-state index in [4.69, 9.17) is 0 Å². The standard InChI is InChI=1S/C7H3N5O/c13-6-4-2-1-3-5(4)9-12-7(6)8-10-11-12/h1-3H. The van der Waals surface area contributed by atoms with E-state index in [1.54, 1.807) is 18.2 Å². The van der Waals surface area contributed by atoms with Crippen molar-refractivity contribution < 1.29 is 0 Å². The Balaban J connectivity index is 2.70. The summed E-state index contributed by atoms with van der Waals surface area (Å²) < 4.78 is 1.14. The molecule has 1 aliphatic rings. The Labute approximate surface area is 71.2 Å². The molecule has 3 rings (SSSR count). The average molecular weight is 173 g/mol. The zero-order chi connectivity index (χ0) is 8.84. The molecule has 0 radical (unpaired) electrons. The van der Waals surface area contributed by atoms with Crippen molar-refractivity contribution in [2.45, 2.75) is 0 Å². The van der Waals surface area contributed by atoms with Gasteiger partial charge < -0.3 is 0 Å². The van der Waals surface area contributed by atoms with Crippen molar-refractivity contribution in [3.05, 3.63) is 27.2 Å². The largest absolute Gasteiger partial charge is 0.285 e. The van der Waals surface area contributed by atoms with Crippen molar-refractivity contribution in [3.8, 4) is 0 Å². The zero-order valence-electron chi connectivity index (χ0n) is 6.38. The lowest BCUT2D eigenvalue weighted by atomic mass is 10.3. The maximum absolute atomic E-state index is 11.6. The van der Waals surface area contributed by atoms with E-state index >= 15 is 0 Å². The monoisotopic (exact) mass is 173 g/mol. The van der Waals surface area contributed by atoms with Crippen molar-refractivity contribution >= 4 is 17.8 Å². The molecular weight excluding hydrogens is 170 g/mol. The fraction of sp³-hybridized carbons (Fsp3) is 0. The third-order valence-corrected chi connectivity index (χ3v) is 1.90. The molecule has 6 heteroatoms. The predicted octanol–water partition coefficient (Wildman–Crippen LogP) is -1.59. The lowest BCUT2D eigenvalue weighted by Gasteiger charge is -1.89. The van der Waals surface area contributed by atoms with Crippen molar-refractivity contribution in [1.82, 2.24) is 25.3 Å². The molecule has 1 aliphatic carbocycles. The predicted molar refractivity (Wildman–Crippen MR) is 43.6 cm³/mol. The van der Waals surface area contributed by atoms with Gasteiger partial charge in [0.2, 0.25) is 11.1 Å². The van der Waals surface area contributed by atoms with E-state index in [0.29, 0.717) is 10.9 Å². The van der Waals surface area contributed by atoms with Crippen LogP contribution >= 0.6 is 0 Å². The summed E-state index contributed by atoms with van der Waals surface area (Å²) in [5.41, 5.74) is 0.600. The molecule has 0 atom stereocenters. The van der Waals surface area contributed by atoms with Gasteiger partial charge in [-0.15, -0.1) is 14.8 Å². The quantitative estimate of drug-likeness (QED) is 0.480. The number of tetrazole rings is 1. The Morgan fingerprint density at radius 2 is 2.31 bits per heavy atom. The minimum Gasteiger partial charge on any atom is -0.285 e. The Kier molecular flexibility index (Phi) is 0.974. The van der Waals surface area contributed by atoms with Crippen molar-refractivity contribution in [2.75, 3.05) is 0 Å². The number of aromatic nitrogens is 5. The summed E-state index contributed by atoms with van der Waals surface area (Å²) in [7, 11) is 0. The number of nitrogens with zero attached hydrogens (tertiary/aromatic N) is 5. The first-order valence-electron chi connectivity index (χ1n) is 3.67. The molecule has 2 heterocycles. The van der Waals surface area contributed by atoms with E-state index in [2.05, 4.69) is 20.6 Å². The summed E-state index contributed by atoms with van der Waals surface area (Å²) in [5, 5.41) is 15.1. The van der Waals surface area contributed by atoms with E-state index in [-0.39, 0.29) is 11.1 Å². The minimum atomic E-state index is -0.181. The molecule has 0 saturated carbocycles. The average Bonchev–Trinajstić information content (AvgIpc) is 2.71. The molecule has 62 valence electrons. The first-order chi connectivity index (χ1) is 6.36. The molecule has 0 unspecified atom stereocenters. The molecular formula is C7H3N5O. The van der Waals surface area contributed by atoms with Gasteiger partial charge in [-0.25, -0.2) is 0 Å². The second-order valence-corrected chi connectivity index (χ2v) is 2.65. The van der Waals surface area contributed by atoms with Gasteiger partial charge in [0, 0.05) is 0 Å². The maximum Gasteiger partial charge on any atom is 0.247 e. The van der Waals surface area contributed by atoms with Gasteiger partial charge in [-0.05, 0) is 22.6 Å². The van der Waals surface area contributed by atoms with Gasteiger partial charge in [-0.3, -0.25) is 4.79 Å². The first-order valence-corrected chi connectivity index (χ1v) is 3.67. The normalized spacial score (nSPS) is 13.2. The molecule has 0 aliphatic heterocycles. The number of fused-ring (bicyclic) bond motifs is 2. The van der Waals surface area contributed by atoms with Crippen LogP contribution in [0.4, 0.5) is 0 Å². The van der Waals surface area contributed by atoms with Crippen LogP contribution in [0.2, 0.25) is 0 Å². The minimum absolute atomic E-state index is 0.165. The van der Waals surface area contributed by atoms with Crippen LogP contribution in [0, 0.1) is 0 Å². The van der Waals surface area contributed by atoms with Crippen molar-refractivity contribution in [3.63, 3.8) is 0 Å². The molecule has 0 saturated heterocycles. The van der Waals surface area contributed by atoms with Crippen LogP contribution in [-0.2, 0) is 0 Å². The van der Waals surface area contributed by atoms with Gasteiger partial charge in [0.25, 0.3) is 0 Å². The van der Waals surface area contributed by atoms with Gasteiger partial charge in [0.1, 0.15) is 0 Å². The van der Waals surface area contributed by atoms with Crippen molar-refractivity contribution in [2.24, 2.45) is 0 Å². The van der Waals surface area contributed by atoms with Crippen LogP contribution in [0.5, 0.6) is 0 Å². The van der Waals surface area contributed by atoms with Gasteiger partial charge >= 0.3 is 0 Å². The summed E-state index contributed by atoms with van der Waals surface area (Å²) in [6.07, 6.45) is 5.23. The second-order valence-electron chi connectivity index (χ2n) is 2.65. The Hall–Kier alpha value is -2.11. The summed E-state index contributed by atoms with van der Waals surface area (Å²) in [5.74, 6) is 0. The second kappa shape index (κ2) is 1.98. The van der Waals surface area contributed by atoms with Crippen LogP contribution < -0.4 is 10.6 Å². The van der Waals surface area contributed by atoms with Gasteiger partial charge in [0.05, 0.1) is 10.9 Å². The Morgan fingerprint density at radius 3 is 3.23 bits per heavy atom. The summed E-state index contributed by atoms with van der Waals surface area (Å²) in [6, 6.07) is 0. The van der Waals surface area contributed by atoms with Crippen LogP contribution in [0.15, 0.2) is 10.9 Å². The SMILES string of the molecule is O=c1c2c(nn3nnnc13)C=CC=2. The smallest absolute Gasteiger partial charge is 0.247 e. The molecule has 0 aromatic carbocycles. The number of allylic oxidation sites excluding steroid dienone is 1. The van der Waals surface area contributed by atoms with E-state index in [9.17, 15) is 4.79 Å². The molecule has 13 heavy (non-hydrogen) atoms. The molecule has 2 aromatic heterocycles. The topological polar surface area (TPSA) is 73.0 Å². The lowest BCUT2D eigenvalue weighted by Crippen LogP contribution is -2.29. The van der Waals surface area contributed by atoms with E-state index in [1.165, 1.54) is 0 Å². The highest BCUT2D eigenvalue weighted by Gasteiger charge is 2.09. The van der Waals surface area contributed by atoms with E-state index in [1.807, 2.05) is 0 Å². The van der Waals surface area contributed by atoms with Gasteiger partial charge in [-0.2, -0.15) is 0 Å². The van der Waals surface area contributed by atoms with E-state index in [0.717, 1.165) is 4.63 Å². The summed E-state index contributed by atoms with van der Waals surface area (Å²) in [6.45, 7) is 0. The fourth-order valence-corrected chi connectivity index (χ4v) is 1.30. The van der Waals surface area contributed by atoms with Crippen LogP contribution in [0.3, 0.4) is 0 Å². The third kappa shape index (κ3) is 0.689. The molecule has 2 aromatic rings. The highest BCUT2D eigenvalue weighted by molar-refractivity contribution is 5.64. The number of rotatable bonds is 0. The van der Waals surface area contributed by atoms with Crippen LogP contribution in [0.25, 0.3) is 17.8 Å². The van der Waals surface area contributed by atoms with Crippen molar-refractivity contribution in [1.29, 1.82) is 0 Å². The summed E-state index contributed by atoms with van der Waals surface area (Å²) in [4.78, 5) is 11.6. The van der Waals surface area contributed by atoms with Crippen LogP contribution in [-0.4, -0.2) is 25.3 Å². The number of hydrogen-bond acceptors (Lipinski definition) is 5. The fourth-order valence-electron chi connectivity index (χ4n) is 1.30. The zero-order valence-corrected chi connectivity index (χ0v) is 6.38.